The van der Waals surface area contributed by atoms with Crippen LogP contribution in [-0.4, -0.2) is 29.1 Å². The van der Waals surface area contributed by atoms with Gasteiger partial charge in [0.25, 0.3) is 0 Å². The number of benzene rings is 1. The van der Waals surface area contributed by atoms with Crippen molar-refractivity contribution in [3.05, 3.63) is 34.3 Å². The molecule has 3 nitrogen and oxygen atoms in total. The molecule has 1 N–H and O–H groups in total. The largest absolute Gasteiger partial charge is 0.481 e. The number of nitrogens with zero attached hydrogens (tertiary/aromatic N) is 1. The molecule has 19 heavy (non-hydrogen) atoms. The van der Waals surface area contributed by atoms with E-state index in [0.717, 1.165) is 35.8 Å². The third-order valence-corrected chi connectivity index (χ3v) is 4.43. The van der Waals surface area contributed by atoms with Crippen LogP contribution in [0.3, 0.4) is 0 Å². The first kappa shape index (κ1) is 14.4. The first-order valence-electron chi connectivity index (χ1n) is 6.61. The fraction of sp³-hybridized carbons (Fsp3) is 0.533. The van der Waals surface area contributed by atoms with Crippen molar-refractivity contribution in [2.75, 3.05) is 13.1 Å². The van der Waals surface area contributed by atoms with Crippen LogP contribution in [0, 0.1) is 12.3 Å². The van der Waals surface area contributed by atoms with Gasteiger partial charge in [-0.2, -0.15) is 0 Å². The monoisotopic (exact) mass is 281 g/mol. The number of rotatable bonds is 3. The second kappa shape index (κ2) is 5.51. The Morgan fingerprint density at radius 2 is 2.05 bits per heavy atom. The molecule has 1 aromatic carbocycles. The lowest BCUT2D eigenvalue weighted by atomic mass is 9.80. The molecule has 1 aliphatic rings. The van der Waals surface area contributed by atoms with Crippen LogP contribution >= 0.6 is 11.6 Å². The number of hydrogen-bond acceptors (Lipinski definition) is 2. The predicted octanol–water partition coefficient (Wildman–Crippen LogP) is 3.34. The fourth-order valence-corrected chi connectivity index (χ4v) is 2.73. The van der Waals surface area contributed by atoms with Crippen molar-refractivity contribution in [1.29, 1.82) is 0 Å². The van der Waals surface area contributed by atoms with Crippen LogP contribution in [0.25, 0.3) is 0 Å². The summed E-state index contributed by atoms with van der Waals surface area (Å²) < 4.78 is 0. The molecule has 4 heteroatoms. The number of piperidine rings is 1. The van der Waals surface area contributed by atoms with Crippen LogP contribution in [0.4, 0.5) is 0 Å². The van der Waals surface area contributed by atoms with Crippen LogP contribution in [0.5, 0.6) is 0 Å². The van der Waals surface area contributed by atoms with E-state index in [1.165, 1.54) is 0 Å². The lowest BCUT2D eigenvalue weighted by Gasteiger charge is -2.36. The molecule has 0 atom stereocenters. The highest BCUT2D eigenvalue weighted by Gasteiger charge is 2.36. The van der Waals surface area contributed by atoms with Crippen molar-refractivity contribution < 1.29 is 9.90 Å². The number of carboxylic acids is 1. The Bertz CT molecular complexity index is 479. The number of aryl methyl sites for hydroxylation is 1. The molecular weight excluding hydrogens is 262 g/mol. The number of aliphatic carboxylic acids is 1. The number of likely N-dealkylation sites (tertiary alicyclic amines) is 1. The lowest BCUT2D eigenvalue weighted by molar-refractivity contribution is -0.150. The molecule has 1 fully saturated rings. The van der Waals surface area contributed by atoms with Crippen molar-refractivity contribution in [1.82, 2.24) is 4.90 Å². The van der Waals surface area contributed by atoms with Gasteiger partial charge in [0.15, 0.2) is 0 Å². The molecule has 0 aromatic heterocycles. The summed E-state index contributed by atoms with van der Waals surface area (Å²) in [7, 11) is 0. The molecule has 0 saturated carbocycles. The molecule has 0 aliphatic carbocycles. The predicted molar refractivity (Wildman–Crippen MR) is 76.4 cm³/mol. The Hall–Kier alpha value is -1.06. The minimum absolute atomic E-state index is 0.562. The summed E-state index contributed by atoms with van der Waals surface area (Å²) in [5, 5.41) is 10.0. The third-order valence-electron chi connectivity index (χ3n) is 4.08. The SMILES string of the molecule is Cc1ccc(CN2CCC(C)(C(=O)O)CC2)c(Cl)c1. The van der Waals surface area contributed by atoms with Gasteiger partial charge in [-0.25, -0.2) is 0 Å². The van der Waals surface area contributed by atoms with Crippen LogP contribution < -0.4 is 0 Å². The van der Waals surface area contributed by atoms with Gasteiger partial charge in [-0.05, 0) is 57.0 Å². The van der Waals surface area contributed by atoms with Crippen molar-refractivity contribution in [2.24, 2.45) is 5.41 Å². The second-order valence-corrected chi connectivity index (χ2v) is 6.14. The van der Waals surface area contributed by atoms with E-state index in [2.05, 4.69) is 17.0 Å². The van der Waals surface area contributed by atoms with E-state index in [9.17, 15) is 9.90 Å². The zero-order valence-corrected chi connectivity index (χ0v) is 12.2. The zero-order valence-electron chi connectivity index (χ0n) is 11.4. The topological polar surface area (TPSA) is 40.5 Å². The standard InChI is InChI=1S/C15H20ClNO2/c1-11-3-4-12(13(16)9-11)10-17-7-5-15(2,6-8-17)14(18)19/h3-4,9H,5-8,10H2,1-2H3,(H,18,19). The summed E-state index contributed by atoms with van der Waals surface area (Å²) in [4.78, 5) is 13.5. The van der Waals surface area contributed by atoms with E-state index < -0.39 is 11.4 Å². The molecule has 1 aliphatic heterocycles. The Morgan fingerprint density at radius 1 is 1.42 bits per heavy atom. The quantitative estimate of drug-likeness (QED) is 0.924. The number of halogens is 1. The van der Waals surface area contributed by atoms with E-state index >= 15 is 0 Å². The van der Waals surface area contributed by atoms with Crippen molar-refractivity contribution in [3.8, 4) is 0 Å². The highest BCUT2D eigenvalue weighted by molar-refractivity contribution is 6.31. The highest BCUT2D eigenvalue weighted by atomic mass is 35.5. The van der Waals surface area contributed by atoms with Crippen LogP contribution in [0.2, 0.25) is 5.02 Å². The van der Waals surface area contributed by atoms with Crippen molar-refractivity contribution in [2.45, 2.75) is 33.2 Å². The molecule has 0 radical (unpaired) electrons. The number of carboxylic acid groups (broad SMARTS) is 1. The molecule has 0 spiro atoms. The molecule has 2 rings (SSSR count). The first-order valence-corrected chi connectivity index (χ1v) is 6.99. The van der Waals surface area contributed by atoms with Crippen LogP contribution in [0.15, 0.2) is 18.2 Å². The molecule has 0 amide bonds. The van der Waals surface area contributed by atoms with Crippen LogP contribution in [-0.2, 0) is 11.3 Å². The summed E-state index contributed by atoms with van der Waals surface area (Å²) in [5.41, 5.74) is 1.71. The van der Waals surface area contributed by atoms with E-state index in [4.69, 9.17) is 11.6 Å². The van der Waals surface area contributed by atoms with Gasteiger partial charge in [0, 0.05) is 11.6 Å². The highest BCUT2D eigenvalue weighted by Crippen LogP contribution is 2.32. The third kappa shape index (κ3) is 3.28. The molecule has 1 aromatic rings. The maximum atomic E-state index is 11.2. The minimum atomic E-state index is -0.680. The summed E-state index contributed by atoms with van der Waals surface area (Å²) in [6.07, 6.45) is 1.40. The Balaban J connectivity index is 1.98. The average Bonchev–Trinajstić information content (AvgIpc) is 2.35. The van der Waals surface area contributed by atoms with Gasteiger partial charge in [-0.1, -0.05) is 23.7 Å². The van der Waals surface area contributed by atoms with Crippen molar-refractivity contribution in [3.63, 3.8) is 0 Å². The maximum Gasteiger partial charge on any atom is 0.309 e. The van der Waals surface area contributed by atoms with E-state index in [1.807, 2.05) is 19.9 Å². The van der Waals surface area contributed by atoms with E-state index in [0.29, 0.717) is 12.8 Å². The van der Waals surface area contributed by atoms with Crippen LogP contribution in [0.1, 0.15) is 30.9 Å². The van der Waals surface area contributed by atoms with Gasteiger partial charge in [-0.3, -0.25) is 9.69 Å². The summed E-state index contributed by atoms with van der Waals surface area (Å²) >= 11 is 6.23. The molecule has 1 heterocycles. The molecule has 0 unspecified atom stereocenters. The number of carbonyl (C=O) groups is 1. The first-order chi connectivity index (χ1) is 8.90. The molecular formula is C15H20ClNO2. The Labute approximate surface area is 119 Å². The van der Waals surface area contributed by atoms with Gasteiger partial charge in [-0.15, -0.1) is 0 Å². The molecule has 1 saturated heterocycles. The summed E-state index contributed by atoms with van der Waals surface area (Å²) in [6.45, 7) is 6.29. The van der Waals surface area contributed by atoms with E-state index in [1.54, 1.807) is 0 Å². The van der Waals surface area contributed by atoms with Gasteiger partial charge in [0.1, 0.15) is 0 Å². The lowest BCUT2D eigenvalue weighted by Crippen LogP contribution is -2.42. The Morgan fingerprint density at radius 3 is 2.58 bits per heavy atom. The van der Waals surface area contributed by atoms with E-state index in [-0.39, 0.29) is 0 Å². The molecule has 0 bridgehead atoms. The van der Waals surface area contributed by atoms with Gasteiger partial charge in [0.2, 0.25) is 0 Å². The average molecular weight is 282 g/mol. The normalized spacial score (nSPS) is 19.3. The number of hydrogen-bond donors (Lipinski definition) is 1. The smallest absolute Gasteiger partial charge is 0.309 e. The minimum Gasteiger partial charge on any atom is -0.481 e. The van der Waals surface area contributed by atoms with Gasteiger partial charge < -0.3 is 5.11 Å². The zero-order chi connectivity index (χ0) is 14.0. The second-order valence-electron chi connectivity index (χ2n) is 5.74. The molecule has 104 valence electrons. The summed E-state index contributed by atoms with van der Waals surface area (Å²) in [5.74, 6) is -0.680. The summed E-state index contributed by atoms with van der Waals surface area (Å²) in [6, 6.07) is 6.09. The fourth-order valence-electron chi connectivity index (χ4n) is 2.44. The Kier molecular flexibility index (Phi) is 4.16. The van der Waals surface area contributed by atoms with Crippen molar-refractivity contribution >= 4 is 17.6 Å². The van der Waals surface area contributed by atoms with Gasteiger partial charge >= 0.3 is 5.97 Å². The van der Waals surface area contributed by atoms with Gasteiger partial charge in [0.05, 0.1) is 5.41 Å². The maximum absolute atomic E-state index is 11.2.